The Morgan fingerprint density at radius 2 is 1.83 bits per heavy atom. The van der Waals surface area contributed by atoms with Crippen LogP contribution < -0.4 is 4.18 Å². The van der Waals surface area contributed by atoms with Gasteiger partial charge in [0, 0.05) is 11.1 Å². The molecule has 23 heavy (non-hydrogen) atoms. The number of carboxylic acids is 1. The standard InChI is InChI=1S/C16H15FO5S/c1-10(16(18)19)12-8-14(17)13(11-6-4-3-5-7-11)9-15(12)22-23(2,20)21/h3-10H,1-2H3,(H,18,19)/t10-/m0/s1. The SMILES string of the molecule is C[C@H](C(=O)O)c1cc(F)c(-c2ccccc2)cc1OS(C)(=O)=O. The highest BCUT2D eigenvalue weighted by atomic mass is 32.2. The Kier molecular flexibility index (Phi) is 4.70. The minimum atomic E-state index is -3.89. The summed E-state index contributed by atoms with van der Waals surface area (Å²) in [5, 5.41) is 9.11. The van der Waals surface area contributed by atoms with Gasteiger partial charge in [0.25, 0.3) is 0 Å². The molecule has 2 aromatic rings. The van der Waals surface area contributed by atoms with Gasteiger partial charge in [-0.25, -0.2) is 4.39 Å². The van der Waals surface area contributed by atoms with E-state index in [4.69, 9.17) is 9.29 Å². The summed E-state index contributed by atoms with van der Waals surface area (Å²) >= 11 is 0. The number of carbonyl (C=O) groups is 1. The van der Waals surface area contributed by atoms with Crippen molar-refractivity contribution in [3.05, 3.63) is 53.8 Å². The van der Waals surface area contributed by atoms with Crippen molar-refractivity contribution in [2.24, 2.45) is 0 Å². The third-order valence-corrected chi connectivity index (χ3v) is 3.74. The maximum absolute atomic E-state index is 14.4. The summed E-state index contributed by atoms with van der Waals surface area (Å²) in [6, 6.07) is 10.7. The summed E-state index contributed by atoms with van der Waals surface area (Å²) in [5.74, 6) is -3.18. The molecule has 0 heterocycles. The second-order valence-electron chi connectivity index (χ2n) is 5.08. The topological polar surface area (TPSA) is 80.7 Å². The Balaban J connectivity index is 2.65. The summed E-state index contributed by atoms with van der Waals surface area (Å²) in [6.45, 7) is 1.33. The molecule has 0 unspecified atom stereocenters. The number of hydrogen-bond donors (Lipinski definition) is 1. The van der Waals surface area contributed by atoms with Crippen LogP contribution in [0.4, 0.5) is 4.39 Å². The van der Waals surface area contributed by atoms with E-state index in [9.17, 15) is 17.6 Å². The molecule has 0 fully saturated rings. The molecule has 0 aliphatic rings. The van der Waals surface area contributed by atoms with E-state index in [1.54, 1.807) is 30.3 Å². The molecule has 2 rings (SSSR count). The van der Waals surface area contributed by atoms with E-state index in [0.29, 0.717) is 5.56 Å². The molecule has 0 amide bonds. The van der Waals surface area contributed by atoms with E-state index in [-0.39, 0.29) is 16.9 Å². The molecule has 0 aliphatic carbocycles. The third-order valence-electron chi connectivity index (χ3n) is 3.26. The van der Waals surface area contributed by atoms with Crippen LogP contribution in [0.3, 0.4) is 0 Å². The minimum absolute atomic E-state index is 0.0416. The van der Waals surface area contributed by atoms with Gasteiger partial charge in [0.05, 0.1) is 12.2 Å². The Hall–Kier alpha value is -2.41. The fraction of sp³-hybridized carbons (Fsp3) is 0.188. The van der Waals surface area contributed by atoms with Crippen molar-refractivity contribution >= 4 is 16.1 Å². The number of hydrogen-bond acceptors (Lipinski definition) is 4. The summed E-state index contributed by atoms with van der Waals surface area (Å²) in [4.78, 5) is 11.2. The molecule has 7 heteroatoms. The lowest BCUT2D eigenvalue weighted by atomic mass is 9.96. The first kappa shape index (κ1) is 17.0. The molecule has 0 aliphatic heterocycles. The zero-order valence-corrected chi connectivity index (χ0v) is 13.3. The van der Waals surface area contributed by atoms with Crippen LogP contribution in [0.25, 0.3) is 11.1 Å². The largest absolute Gasteiger partial charge is 0.481 e. The smallest absolute Gasteiger partial charge is 0.310 e. The lowest BCUT2D eigenvalue weighted by Gasteiger charge is -2.15. The van der Waals surface area contributed by atoms with Crippen LogP contribution in [0.5, 0.6) is 5.75 Å². The fourth-order valence-electron chi connectivity index (χ4n) is 2.11. The first-order valence-corrected chi connectivity index (χ1v) is 8.52. The predicted molar refractivity (Wildman–Crippen MR) is 83.4 cm³/mol. The predicted octanol–water partition coefficient (Wildman–Crippen LogP) is 3.02. The maximum atomic E-state index is 14.4. The average molecular weight is 338 g/mol. The zero-order chi connectivity index (χ0) is 17.2. The maximum Gasteiger partial charge on any atom is 0.310 e. The normalized spacial score (nSPS) is 12.7. The molecule has 5 nitrogen and oxygen atoms in total. The van der Waals surface area contributed by atoms with E-state index in [2.05, 4.69) is 0 Å². The summed E-state index contributed by atoms with van der Waals surface area (Å²) < 4.78 is 42.1. The van der Waals surface area contributed by atoms with Gasteiger partial charge in [-0.1, -0.05) is 30.3 Å². The summed E-state index contributed by atoms with van der Waals surface area (Å²) in [7, 11) is -3.89. The van der Waals surface area contributed by atoms with Gasteiger partial charge < -0.3 is 9.29 Å². The average Bonchev–Trinajstić information content (AvgIpc) is 2.47. The van der Waals surface area contributed by atoms with E-state index in [1.165, 1.54) is 13.0 Å². The van der Waals surface area contributed by atoms with Gasteiger partial charge in [0.2, 0.25) is 0 Å². The lowest BCUT2D eigenvalue weighted by molar-refractivity contribution is -0.138. The van der Waals surface area contributed by atoms with E-state index < -0.39 is 27.8 Å². The number of carboxylic acid groups (broad SMARTS) is 1. The Labute approximate surface area is 133 Å². The number of aliphatic carboxylic acids is 1. The van der Waals surface area contributed by atoms with Crippen LogP contribution in [0, 0.1) is 5.82 Å². The van der Waals surface area contributed by atoms with Gasteiger partial charge in [0.15, 0.2) is 0 Å². The van der Waals surface area contributed by atoms with Gasteiger partial charge >= 0.3 is 16.1 Å². The van der Waals surface area contributed by atoms with Crippen molar-refractivity contribution in [3.63, 3.8) is 0 Å². The van der Waals surface area contributed by atoms with Crippen LogP contribution in [-0.2, 0) is 14.9 Å². The number of halogens is 1. The first-order valence-electron chi connectivity index (χ1n) is 6.70. The highest BCUT2D eigenvalue weighted by Gasteiger charge is 2.23. The highest BCUT2D eigenvalue weighted by molar-refractivity contribution is 7.86. The molecule has 1 N–H and O–H groups in total. The van der Waals surface area contributed by atoms with Gasteiger partial charge in [-0.15, -0.1) is 0 Å². The molecule has 0 aromatic heterocycles. The second-order valence-corrected chi connectivity index (χ2v) is 6.66. The molecule has 0 saturated carbocycles. The lowest BCUT2D eigenvalue weighted by Crippen LogP contribution is -2.13. The summed E-state index contributed by atoms with van der Waals surface area (Å²) in [5.41, 5.74) is 0.614. The first-order chi connectivity index (χ1) is 10.7. The molecule has 0 radical (unpaired) electrons. The van der Waals surface area contributed by atoms with Crippen LogP contribution in [0.2, 0.25) is 0 Å². The number of benzene rings is 2. The van der Waals surface area contributed by atoms with Crippen molar-refractivity contribution in [2.45, 2.75) is 12.8 Å². The van der Waals surface area contributed by atoms with Crippen molar-refractivity contribution in [1.29, 1.82) is 0 Å². The van der Waals surface area contributed by atoms with Crippen LogP contribution in [0.15, 0.2) is 42.5 Å². The van der Waals surface area contributed by atoms with E-state index >= 15 is 0 Å². The van der Waals surface area contributed by atoms with Crippen molar-refractivity contribution in [2.75, 3.05) is 6.26 Å². The fourth-order valence-corrected chi connectivity index (χ4v) is 2.58. The van der Waals surface area contributed by atoms with Gasteiger partial charge in [-0.05, 0) is 24.6 Å². The molecule has 2 aromatic carbocycles. The molecule has 122 valence electrons. The minimum Gasteiger partial charge on any atom is -0.481 e. The van der Waals surface area contributed by atoms with E-state index in [0.717, 1.165) is 12.3 Å². The molecular formula is C16H15FO5S. The van der Waals surface area contributed by atoms with Crippen molar-refractivity contribution in [3.8, 4) is 16.9 Å². The number of rotatable bonds is 5. The Bertz CT molecular complexity index is 831. The molecular weight excluding hydrogens is 323 g/mol. The van der Waals surface area contributed by atoms with Gasteiger partial charge in [-0.2, -0.15) is 8.42 Å². The molecule has 0 saturated heterocycles. The van der Waals surface area contributed by atoms with Crippen LogP contribution >= 0.6 is 0 Å². The Morgan fingerprint density at radius 3 is 2.35 bits per heavy atom. The van der Waals surface area contributed by atoms with Crippen molar-refractivity contribution < 1.29 is 26.9 Å². The van der Waals surface area contributed by atoms with Gasteiger partial charge in [0.1, 0.15) is 11.6 Å². The van der Waals surface area contributed by atoms with Crippen LogP contribution in [-0.4, -0.2) is 25.7 Å². The molecule has 0 bridgehead atoms. The van der Waals surface area contributed by atoms with Crippen LogP contribution in [0.1, 0.15) is 18.4 Å². The molecule has 1 atom stereocenters. The quantitative estimate of drug-likeness (QED) is 0.848. The monoisotopic (exact) mass is 338 g/mol. The molecule has 0 spiro atoms. The van der Waals surface area contributed by atoms with Crippen molar-refractivity contribution in [1.82, 2.24) is 0 Å². The second kappa shape index (κ2) is 6.37. The third kappa shape index (κ3) is 4.07. The summed E-state index contributed by atoms with van der Waals surface area (Å²) in [6.07, 6.45) is 0.841. The highest BCUT2D eigenvalue weighted by Crippen LogP contribution is 2.35. The zero-order valence-electron chi connectivity index (χ0n) is 12.5. The Morgan fingerprint density at radius 1 is 1.22 bits per heavy atom. The van der Waals surface area contributed by atoms with E-state index in [1.807, 2.05) is 0 Å². The van der Waals surface area contributed by atoms with Gasteiger partial charge in [-0.3, -0.25) is 4.79 Å².